The van der Waals surface area contributed by atoms with E-state index in [0.717, 1.165) is 23.1 Å². The second-order valence-electron chi connectivity index (χ2n) is 6.68. The van der Waals surface area contributed by atoms with Crippen molar-refractivity contribution >= 4 is 22.6 Å². The number of nitrogens with one attached hydrogen (secondary N) is 1. The predicted octanol–water partition coefficient (Wildman–Crippen LogP) is 2.22. The molecule has 9 heteroatoms. The molecule has 0 unspecified atom stereocenters. The molecule has 0 aliphatic heterocycles. The number of aromatic nitrogens is 6. The number of rotatable bonds is 7. The third kappa shape index (κ3) is 3.79. The maximum Gasteiger partial charge on any atom is 0.329 e. The number of carbonyl (C=O) groups is 1. The van der Waals surface area contributed by atoms with Crippen molar-refractivity contribution in [2.45, 2.75) is 32.9 Å². The first kappa shape index (κ1) is 18.6. The molecule has 4 aromatic rings. The third-order valence-corrected chi connectivity index (χ3v) is 4.68. The van der Waals surface area contributed by atoms with E-state index in [9.17, 15) is 9.59 Å². The molecular formula is C20H21N7O2. The van der Waals surface area contributed by atoms with Crippen molar-refractivity contribution in [1.82, 2.24) is 29.3 Å². The smallest absolute Gasteiger partial charge is 0.326 e. The minimum Gasteiger partial charge on any atom is -0.326 e. The van der Waals surface area contributed by atoms with Crippen LogP contribution < -0.4 is 11.0 Å². The Morgan fingerprint density at radius 1 is 1.03 bits per heavy atom. The predicted molar refractivity (Wildman–Crippen MR) is 109 cm³/mol. The van der Waals surface area contributed by atoms with Gasteiger partial charge in [-0.15, -0.1) is 5.10 Å². The Labute approximate surface area is 166 Å². The van der Waals surface area contributed by atoms with E-state index < -0.39 is 0 Å². The van der Waals surface area contributed by atoms with Gasteiger partial charge in [0.05, 0.1) is 16.7 Å². The highest BCUT2D eigenvalue weighted by Gasteiger charge is 2.13. The van der Waals surface area contributed by atoms with Gasteiger partial charge < -0.3 is 5.32 Å². The zero-order chi connectivity index (χ0) is 20.2. The molecule has 0 radical (unpaired) electrons. The lowest BCUT2D eigenvalue weighted by atomic mass is 10.2. The molecule has 148 valence electrons. The number of para-hydroxylation sites is 2. The number of hydrogen-bond donors (Lipinski definition) is 1. The minimum atomic E-state index is -0.168. The molecule has 0 atom stereocenters. The largest absolute Gasteiger partial charge is 0.329 e. The van der Waals surface area contributed by atoms with Gasteiger partial charge in [-0.3, -0.25) is 13.9 Å². The molecule has 4 rings (SSSR count). The maximum absolute atomic E-state index is 12.8. The average molecular weight is 391 g/mol. The number of imidazole rings is 1. The van der Waals surface area contributed by atoms with Crippen LogP contribution in [0.2, 0.25) is 0 Å². The van der Waals surface area contributed by atoms with E-state index in [1.165, 1.54) is 11.0 Å². The van der Waals surface area contributed by atoms with Gasteiger partial charge in [-0.25, -0.2) is 9.48 Å². The summed E-state index contributed by atoms with van der Waals surface area (Å²) in [6.45, 7) is 3.01. The topological polar surface area (TPSA) is 99.6 Å². The van der Waals surface area contributed by atoms with Crippen LogP contribution in [0.25, 0.3) is 16.7 Å². The summed E-state index contributed by atoms with van der Waals surface area (Å²) in [7, 11) is 0. The van der Waals surface area contributed by atoms with Crippen molar-refractivity contribution in [3.8, 4) is 5.69 Å². The van der Waals surface area contributed by atoms with Crippen molar-refractivity contribution in [3.63, 3.8) is 0 Å². The molecule has 0 saturated heterocycles. The number of fused-ring (bicyclic) bond motifs is 1. The van der Waals surface area contributed by atoms with Crippen LogP contribution in [-0.2, 0) is 17.9 Å². The van der Waals surface area contributed by atoms with Gasteiger partial charge >= 0.3 is 5.69 Å². The second-order valence-corrected chi connectivity index (χ2v) is 6.68. The number of amides is 1. The highest BCUT2D eigenvalue weighted by atomic mass is 16.2. The fraction of sp³-hybridized carbons (Fsp3) is 0.250. The lowest BCUT2D eigenvalue weighted by Crippen LogP contribution is -2.26. The molecule has 0 aliphatic rings. The Kier molecular flexibility index (Phi) is 5.19. The molecule has 0 saturated carbocycles. The molecule has 1 N–H and O–H groups in total. The highest BCUT2D eigenvalue weighted by Crippen LogP contribution is 2.15. The number of tetrazole rings is 1. The van der Waals surface area contributed by atoms with Crippen LogP contribution in [-0.4, -0.2) is 35.2 Å². The van der Waals surface area contributed by atoms with Crippen molar-refractivity contribution in [2.75, 3.05) is 5.32 Å². The number of benzene rings is 2. The van der Waals surface area contributed by atoms with Crippen molar-refractivity contribution in [2.24, 2.45) is 0 Å². The Balaban J connectivity index is 1.49. The van der Waals surface area contributed by atoms with Crippen LogP contribution in [0.15, 0.2) is 59.7 Å². The summed E-state index contributed by atoms with van der Waals surface area (Å²) >= 11 is 0. The summed E-state index contributed by atoms with van der Waals surface area (Å²) in [4.78, 5) is 25.3. The number of aryl methyl sites for hydroxylation is 2. The van der Waals surface area contributed by atoms with Gasteiger partial charge in [0.15, 0.2) is 0 Å². The summed E-state index contributed by atoms with van der Waals surface area (Å²) in [5, 5.41) is 13.9. The second kappa shape index (κ2) is 8.09. The van der Waals surface area contributed by atoms with E-state index in [1.54, 1.807) is 21.3 Å². The van der Waals surface area contributed by atoms with Gasteiger partial charge in [-0.05, 0) is 47.2 Å². The summed E-state index contributed by atoms with van der Waals surface area (Å²) in [6, 6.07) is 14.9. The molecule has 2 heterocycles. The van der Waals surface area contributed by atoms with E-state index in [0.29, 0.717) is 18.8 Å². The van der Waals surface area contributed by atoms with Crippen LogP contribution in [0.5, 0.6) is 0 Å². The molecule has 2 aromatic carbocycles. The van der Waals surface area contributed by atoms with E-state index in [4.69, 9.17) is 0 Å². The molecule has 9 nitrogen and oxygen atoms in total. The molecule has 29 heavy (non-hydrogen) atoms. The van der Waals surface area contributed by atoms with E-state index in [2.05, 4.69) is 20.8 Å². The van der Waals surface area contributed by atoms with Gasteiger partial charge in [0, 0.05) is 25.2 Å². The summed E-state index contributed by atoms with van der Waals surface area (Å²) in [5.41, 5.74) is 3.05. The zero-order valence-electron chi connectivity index (χ0n) is 16.0. The molecule has 1 amide bonds. The van der Waals surface area contributed by atoms with Crippen LogP contribution in [0.3, 0.4) is 0 Å². The number of hydrogen-bond acceptors (Lipinski definition) is 5. The summed E-state index contributed by atoms with van der Waals surface area (Å²) in [5.74, 6) is -0.168. The van der Waals surface area contributed by atoms with Gasteiger partial charge in [0.2, 0.25) is 5.91 Å². The van der Waals surface area contributed by atoms with Crippen molar-refractivity contribution in [3.05, 3.63) is 65.3 Å². The minimum absolute atomic E-state index is 0.0819. The highest BCUT2D eigenvalue weighted by molar-refractivity contribution is 5.91. The first-order valence-corrected chi connectivity index (χ1v) is 9.48. The van der Waals surface area contributed by atoms with Crippen molar-refractivity contribution < 1.29 is 4.79 Å². The van der Waals surface area contributed by atoms with Gasteiger partial charge in [0.1, 0.15) is 6.33 Å². The number of carbonyl (C=O) groups excluding carboxylic acids is 1. The summed E-state index contributed by atoms with van der Waals surface area (Å²) in [6.07, 6.45) is 2.54. The van der Waals surface area contributed by atoms with Crippen LogP contribution >= 0.6 is 0 Å². The normalized spacial score (nSPS) is 11.1. The standard InChI is InChI=1S/C20H21N7O2/c1-2-11-25-17-8-3-4-9-18(17)26(20(25)29)12-10-19(28)22-15-6-5-7-16(13-15)27-14-21-23-24-27/h3-9,13-14H,2,10-12H2,1H3,(H,22,28). The molecular weight excluding hydrogens is 370 g/mol. The maximum atomic E-state index is 12.8. The third-order valence-electron chi connectivity index (χ3n) is 4.68. The van der Waals surface area contributed by atoms with E-state index in [-0.39, 0.29) is 18.0 Å². The van der Waals surface area contributed by atoms with Crippen LogP contribution in [0.4, 0.5) is 5.69 Å². The number of nitrogens with zero attached hydrogens (tertiary/aromatic N) is 6. The fourth-order valence-corrected chi connectivity index (χ4v) is 3.37. The summed E-state index contributed by atoms with van der Waals surface area (Å²) < 4.78 is 4.95. The fourth-order valence-electron chi connectivity index (χ4n) is 3.37. The van der Waals surface area contributed by atoms with Crippen LogP contribution in [0.1, 0.15) is 19.8 Å². The molecule has 0 spiro atoms. The average Bonchev–Trinajstić information content (AvgIpc) is 3.35. The monoisotopic (exact) mass is 391 g/mol. The van der Waals surface area contributed by atoms with E-state index >= 15 is 0 Å². The van der Waals surface area contributed by atoms with Gasteiger partial charge in [-0.1, -0.05) is 25.1 Å². The molecule has 0 aliphatic carbocycles. The lowest BCUT2D eigenvalue weighted by Gasteiger charge is -2.08. The first-order valence-electron chi connectivity index (χ1n) is 9.48. The molecule has 0 bridgehead atoms. The Bertz CT molecular complexity index is 1190. The van der Waals surface area contributed by atoms with Gasteiger partial charge in [-0.2, -0.15) is 0 Å². The lowest BCUT2D eigenvalue weighted by molar-refractivity contribution is -0.116. The number of anilines is 1. The Morgan fingerprint density at radius 2 is 1.79 bits per heavy atom. The van der Waals surface area contributed by atoms with Crippen LogP contribution in [0, 0.1) is 0 Å². The molecule has 0 fully saturated rings. The quantitative estimate of drug-likeness (QED) is 0.521. The zero-order valence-corrected chi connectivity index (χ0v) is 16.0. The SMILES string of the molecule is CCCn1c(=O)n(CCC(=O)Nc2cccc(-n3cnnn3)c2)c2ccccc21. The Morgan fingerprint density at radius 3 is 2.48 bits per heavy atom. The van der Waals surface area contributed by atoms with Gasteiger partial charge in [0.25, 0.3) is 0 Å². The van der Waals surface area contributed by atoms with E-state index in [1.807, 2.05) is 43.3 Å². The Hall–Kier alpha value is -3.75. The molecule has 2 aromatic heterocycles. The first-order chi connectivity index (χ1) is 14.2. The van der Waals surface area contributed by atoms with Crippen molar-refractivity contribution in [1.29, 1.82) is 0 Å².